The van der Waals surface area contributed by atoms with E-state index in [0.29, 0.717) is 0 Å². The van der Waals surface area contributed by atoms with Gasteiger partial charge in [0.2, 0.25) is 0 Å². The molecule has 1 aromatic heterocycles. The number of rotatable bonds is 37. The van der Waals surface area contributed by atoms with Crippen molar-refractivity contribution in [3.05, 3.63) is 18.2 Å². The molecular formula is C43H85N2+. The fourth-order valence-corrected chi connectivity index (χ4v) is 7.21. The van der Waals surface area contributed by atoms with E-state index in [9.17, 15) is 0 Å². The van der Waals surface area contributed by atoms with E-state index in [1.165, 1.54) is 238 Å². The largest absolute Gasteiger partial charge is 0.256 e. The monoisotopic (exact) mass is 630 g/mol. The predicted octanol–water partition coefficient (Wildman–Crippen LogP) is 14.6. The van der Waals surface area contributed by atoms with E-state index < -0.39 is 0 Å². The molecule has 0 fully saturated rings. The minimum absolute atomic E-state index is 1.23. The molecule has 0 saturated carbocycles. The first-order valence-corrected chi connectivity index (χ1v) is 21.4. The summed E-state index contributed by atoms with van der Waals surface area (Å²) in [5.41, 5.74) is 0. The SMILES string of the molecule is CCCCCCCCCCCCCCCCCCc1n(CCCCCCCCCCCCCC)cc[n+]1CCCCCCCC. The van der Waals surface area contributed by atoms with Gasteiger partial charge in [0.25, 0.3) is 5.82 Å². The molecule has 0 bridgehead atoms. The normalized spacial score (nSPS) is 11.6. The van der Waals surface area contributed by atoms with Gasteiger partial charge in [-0.15, -0.1) is 0 Å². The second kappa shape index (κ2) is 34.5. The fourth-order valence-electron chi connectivity index (χ4n) is 7.21. The smallest absolute Gasteiger partial charge is 0.234 e. The zero-order valence-electron chi connectivity index (χ0n) is 31.7. The van der Waals surface area contributed by atoms with Crippen LogP contribution in [-0.2, 0) is 19.5 Å². The summed E-state index contributed by atoms with van der Waals surface area (Å²) >= 11 is 0. The molecular weight excluding hydrogens is 544 g/mol. The fraction of sp³-hybridized carbons (Fsp3) is 0.930. The predicted molar refractivity (Wildman–Crippen MR) is 202 cm³/mol. The molecule has 0 aliphatic carbocycles. The van der Waals surface area contributed by atoms with Gasteiger partial charge in [-0.25, -0.2) is 9.13 Å². The lowest BCUT2D eigenvalue weighted by Gasteiger charge is -2.07. The van der Waals surface area contributed by atoms with Crippen LogP contribution in [0.5, 0.6) is 0 Å². The number of hydrogen-bond donors (Lipinski definition) is 0. The molecule has 0 radical (unpaired) electrons. The van der Waals surface area contributed by atoms with Gasteiger partial charge in [-0.05, 0) is 32.1 Å². The lowest BCUT2D eigenvalue weighted by Crippen LogP contribution is -2.37. The first-order valence-electron chi connectivity index (χ1n) is 21.4. The Labute approximate surface area is 285 Å². The van der Waals surface area contributed by atoms with Crippen molar-refractivity contribution in [3.63, 3.8) is 0 Å². The molecule has 0 spiro atoms. The molecule has 0 unspecified atom stereocenters. The molecule has 0 aliphatic heterocycles. The molecule has 2 nitrogen and oxygen atoms in total. The average Bonchev–Trinajstić information content (AvgIpc) is 3.43. The Kier molecular flexibility index (Phi) is 32.4. The summed E-state index contributed by atoms with van der Waals surface area (Å²) in [4.78, 5) is 0. The van der Waals surface area contributed by atoms with Crippen LogP contribution in [0.25, 0.3) is 0 Å². The highest BCUT2D eigenvalue weighted by atomic mass is 15.1. The third-order valence-electron chi connectivity index (χ3n) is 10.3. The molecule has 0 aromatic carbocycles. The van der Waals surface area contributed by atoms with Crippen LogP contribution < -0.4 is 4.57 Å². The van der Waals surface area contributed by atoms with Gasteiger partial charge < -0.3 is 0 Å². The number of imidazole rings is 1. The van der Waals surface area contributed by atoms with Crippen molar-refractivity contribution in [2.45, 2.75) is 259 Å². The number of aromatic nitrogens is 2. The summed E-state index contributed by atoms with van der Waals surface area (Å²) in [6.45, 7) is 9.40. The van der Waals surface area contributed by atoms with Gasteiger partial charge in [-0.1, -0.05) is 207 Å². The summed E-state index contributed by atoms with van der Waals surface area (Å²) < 4.78 is 5.27. The molecule has 0 aliphatic rings. The highest BCUT2D eigenvalue weighted by Crippen LogP contribution is 2.16. The van der Waals surface area contributed by atoms with Crippen LogP contribution in [0.4, 0.5) is 0 Å². The van der Waals surface area contributed by atoms with Crippen molar-refractivity contribution >= 4 is 0 Å². The Morgan fingerprint density at radius 2 is 0.689 bits per heavy atom. The van der Waals surface area contributed by atoms with E-state index in [1.807, 2.05) is 0 Å². The molecule has 1 heterocycles. The van der Waals surface area contributed by atoms with Gasteiger partial charge in [-0.2, -0.15) is 0 Å². The van der Waals surface area contributed by atoms with Gasteiger partial charge in [0.05, 0.1) is 13.1 Å². The minimum Gasteiger partial charge on any atom is -0.234 e. The van der Waals surface area contributed by atoms with Crippen LogP contribution in [0.1, 0.15) is 245 Å². The summed E-state index contributed by atoms with van der Waals surface area (Å²) in [5.74, 6) is 1.62. The maximum absolute atomic E-state index is 2.64. The van der Waals surface area contributed by atoms with Crippen molar-refractivity contribution in [2.75, 3.05) is 0 Å². The van der Waals surface area contributed by atoms with Crippen molar-refractivity contribution in [2.24, 2.45) is 0 Å². The van der Waals surface area contributed by atoms with E-state index >= 15 is 0 Å². The topological polar surface area (TPSA) is 8.81 Å². The van der Waals surface area contributed by atoms with Crippen LogP contribution in [-0.4, -0.2) is 4.57 Å². The molecule has 0 saturated heterocycles. The third-order valence-corrected chi connectivity index (χ3v) is 10.3. The number of hydrogen-bond acceptors (Lipinski definition) is 0. The lowest BCUT2D eigenvalue weighted by molar-refractivity contribution is -0.704. The minimum atomic E-state index is 1.23. The maximum Gasteiger partial charge on any atom is 0.256 e. The zero-order chi connectivity index (χ0) is 32.3. The van der Waals surface area contributed by atoms with Gasteiger partial charge in [0.15, 0.2) is 0 Å². The van der Waals surface area contributed by atoms with Crippen LogP contribution in [0.15, 0.2) is 12.4 Å². The van der Waals surface area contributed by atoms with Crippen molar-refractivity contribution in [1.82, 2.24) is 4.57 Å². The van der Waals surface area contributed by atoms with Crippen LogP contribution in [0.2, 0.25) is 0 Å². The average molecular weight is 630 g/mol. The maximum atomic E-state index is 2.64. The molecule has 1 aromatic rings. The summed E-state index contributed by atoms with van der Waals surface area (Å²) in [6, 6.07) is 0. The van der Waals surface area contributed by atoms with Crippen LogP contribution >= 0.6 is 0 Å². The number of nitrogens with zero attached hydrogens (tertiary/aromatic N) is 2. The highest BCUT2D eigenvalue weighted by Gasteiger charge is 2.16. The second-order valence-corrected chi connectivity index (χ2v) is 14.8. The lowest BCUT2D eigenvalue weighted by atomic mass is 10.0. The van der Waals surface area contributed by atoms with E-state index in [2.05, 4.69) is 42.3 Å². The first kappa shape index (κ1) is 42.2. The third kappa shape index (κ3) is 26.9. The van der Waals surface area contributed by atoms with Gasteiger partial charge in [0.1, 0.15) is 12.4 Å². The molecule has 0 N–H and O–H groups in total. The van der Waals surface area contributed by atoms with Crippen LogP contribution in [0, 0.1) is 0 Å². The molecule has 2 heteroatoms. The van der Waals surface area contributed by atoms with Crippen molar-refractivity contribution in [1.29, 1.82) is 0 Å². The molecule has 1 rings (SSSR count). The molecule has 45 heavy (non-hydrogen) atoms. The second-order valence-electron chi connectivity index (χ2n) is 14.8. The summed E-state index contributed by atoms with van der Waals surface area (Å²) in [7, 11) is 0. The van der Waals surface area contributed by atoms with Crippen molar-refractivity contribution < 1.29 is 4.57 Å². The van der Waals surface area contributed by atoms with Gasteiger partial charge >= 0.3 is 0 Å². The molecule has 266 valence electrons. The van der Waals surface area contributed by atoms with E-state index in [4.69, 9.17) is 0 Å². The zero-order valence-corrected chi connectivity index (χ0v) is 31.7. The number of unbranched alkanes of at least 4 members (excludes halogenated alkanes) is 31. The Hall–Kier alpha value is -0.790. The van der Waals surface area contributed by atoms with E-state index in [1.54, 1.807) is 5.82 Å². The Balaban J connectivity index is 2.21. The standard InChI is InChI=1S/C43H85N2/c1-4-7-10-13-16-18-20-22-23-24-25-26-28-30-32-35-38-43-44(39-36-33-15-12-9-6-3)41-42-45(43)40-37-34-31-29-27-21-19-17-14-11-8-5-2/h41-42H,4-40H2,1-3H3/q+1. The molecule has 0 amide bonds. The first-order chi connectivity index (χ1) is 22.3. The van der Waals surface area contributed by atoms with Gasteiger partial charge in [0, 0.05) is 6.42 Å². The summed E-state index contributed by atoms with van der Waals surface area (Å²) in [6.07, 6.45) is 54.9. The highest BCUT2D eigenvalue weighted by molar-refractivity contribution is 4.84. The quantitative estimate of drug-likeness (QED) is 0.0511. The Morgan fingerprint density at radius 3 is 1.07 bits per heavy atom. The summed E-state index contributed by atoms with van der Waals surface area (Å²) in [5, 5.41) is 0. The van der Waals surface area contributed by atoms with Crippen LogP contribution in [0.3, 0.4) is 0 Å². The Bertz CT molecular complexity index is 692. The molecule has 0 atom stereocenters. The number of aryl methyl sites for hydroxylation is 2. The van der Waals surface area contributed by atoms with Gasteiger partial charge in [-0.3, -0.25) is 0 Å². The Morgan fingerprint density at radius 1 is 0.378 bits per heavy atom. The van der Waals surface area contributed by atoms with E-state index in [-0.39, 0.29) is 0 Å². The van der Waals surface area contributed by atoms with Crippen molar-refractivity contribution in [3.8, 4) is 0 Å². The van der Waals surface area contributed by atoms with E-state index in [0.717, 1.165) is 0 Å².